The van der Waals surface area contributed by atoms with Gasteiger partial charge in [0.05, 0.1) is 0 Å². The minimum atomic E-state index is -0.435. The van der Waals surface area contributed by atoms with E-state index in [4.69, 9.17) is 18.9 Å². The first-order valence-corrected chi connectivity index (χ1v) is 8.50. The summed E-state index contributed by atoms with van der Waals surface area (Å²) in [4.78, 5) is 0. The first-order chi connectivity index (χ1) is 13.2. The van der Waals surface area contributed by atoms with E-state index in [1.54, 1.807) is 12.1 Å². The molecule has 6 heteroatoms. The van der Waals surface area contributed by atoms with E-state index in [-0.39, 0.29) is 25.1 Å². The summed E-state index contributed by atoms with van der Waals surface area (Å²) in [5.74, 6) is 1.80. The van der Waals surface area contributed by atoms with Gasteiger partial charge in [-0.25, -0.2) is 0 Å². The second kappa shape index (κ2) is 6.02. The highest BCUT2D eigenvalue weighted by Gasteiger charge is 2.29. The lowest BCUT2D eigenvalue weighted by molar-refractivity contribution is 0.173. The third-order valence-electron chi connectivity index (χ3n) is 4.80. The summed E-state index contributed by atoms with van der Waals surface area (Å²) < 4.78 is 21.6. The van der Waals surface area contributed by atoms with Crippen molar-refractivity contribution in [3.05, 3.63) is 71.3 Å². The molecule has 0 unspecified atom stereocenters. The van der Waals surface area contributed by atoms with E-state index in [2.05, 4.69) is 0 Å². The van der Waals surface area contributed by atoms with Gasteiger partial charge in [-0.3, -0.25) is 0 Å². The van der Waals surface area contributed by atoms with Crippen LogP contribution in [0.25, 0.3) is 0 Å². The number of ether oxygens (including phenoxy) is 4. The van der Waals surface area contributed by atoms with E-state index >= 15 is 0 Å². The number of phenolic OH excluding ortho intramolecular Hbond substituents is 2. The van der Waals surface area contributed by atoms with E-state index in [9.17, 15) is 10.2 Å². The van der Waals surface area contributed by atoms with Crippen LogP contribution in [0.15, 0.2) is 54.6 Å². The van der Waals surface area contributed by atoms with Crippen molar-refractivity contribution in [2.24, 2.45) is 0 Å². The van der Waals surface area contributed by atoms with Crippen molar-refractivity contribution < 1.29 is 29.2 Å². The first-order valence-electron chi connectivity index (χ1n) is 8.50. The zero-order chi connectivity index (χ0) is 18.4. The van der Waals surface area contributed by atoms with Crippen molar-refractivity contribution in [2.75, 3.05) is 13.6 Å². The fraction of sp³-hybridized carbons (Fsp3) is 0.143. The molecule has 0 spiro atoms. The Hall–Kier alpha value is -3.54. The monoisotopic (exact) mass is 364 g/mol. The molecular formula is C21H16O6. The quantitative estimate of drug-likeness (QED) is 0.690. The molecule has 0 aliphatic carbocycles. The average molecular weight is 364 g/mol. The molecule has 136 valence electrons. The lowest BCUT2D eigenvalue weighted by Gasteiger charge is -2.21. The van der Waals surface area contributed by atoms with Gasteiger partial charge < -0.3 is 29.2 Å². The summed E-state index contributed by atoms with van der Waals surface area (Å²) in [6, 6.07) is 16.2. The van der Waals surface area contributed by atoms with Gasteiger partial charge in [-0.1, -0.05) is 30.3 Å². The smallest absolute Gasteiger partial charge is 0.231 e. The molecule has 0 radical (unpaired) electrons. The Morgan fingerprint density at radius 3 is 1.56 bits per heavy atom. The molecule has 2 aliphatic heterocycles. The van der Waals surface area contributed by atoms with Gasteiger partial charge in [-0.2, -0.15) is 0 Å². The van der Waals surface area contributed by atoms with Crippen molar-refractivity contribution in [2.45, 2.75) is 5.92 Å². The Bertz CT molecular complexity index is 951. The minimum absolute atomic E-state index is 0.0603. The lowest BCUT2D eigenvalue weighted by atomic mass is 9.83. The Labute approximate surface area is 155 Å². The minimum Gasteiger partial charge on any atom is -0.507 e. The van der Waals surface area contributed by atoms with E-state index < -0.39 is 5.92 Å². The van der Waals surface area contributed by atoms with Gasteiger partial charge in [0.25, 0.3) is 0 Å². The molecule has 3 aromatic carbocycles. The molecule has 2 heterocycles. The summed E-state index contributed by atoms with van der Waals surface area (Å²) >= 11 is 0. The topological polar surface area (TPSA) is 77.4 Å². The van der Waals surface area contributed by atoms with Gasteiger partial charge in [0.15, 0.2) is 23.0 Å². The van der Waals surface area contributed by atoms with E-state index in [1.807, 2.05) is 30.3 Å². The van der Waals surface area contributed by atoms with Crippen LogP contribution in [0.1, 0.15) is 22.6 Å². The Balaban J connectivity index is 1.72. The molecule has 2 aliphatic rings. The molecule has 0 amide bonds. The number of hydrogen-bond acceptors (Lipinski definition) is 6. The zero-order valence-electron chi connectivity index (χ0n) is 14.2. The Kier molecular flexibility index (Phi) is 3.50. The summed E-state index contributed by atoms with van der Waals surface area (Å²) in [7, 11) is 0. The fourth-order valence-electron chi connectivity index (χ4n) is 3.53. The standard InChI is InChI=1S/C21H16O6/c22-15-8-19-17(24-10-26-19)6-13(15)21(12-4-2-1-3-5-12)14-7-18-20(9-16(14)23)27-11-25-18/h1-9,21-23H,10-11H2. The van der Waals surface area contributed by atoms with Crippen LogP contribution >= 0.6 is 0 Å². The maximum absolute atomic E-state index is 10.7. The van der Waals surface area contributed by atoms with Crippen molar-refractivity contribution in [3.8, 4) is 34.5 Å². The summed E-state index contributed by atoms with van der Waals surface area (Å²) in [6.45, 7) is 0.229. The number of fused-ring (bicyclic) bond motifs is 2. The molecule has 0 bridgehead atoms. The van der Waals surface area contributed by atoms with Crippen molar-refractivity contribution in [1.29, 1.82) is 0 Å². The lowest BCUT2D eigenvalue weighted by Crippen LogP contribution is -2.04. The molecule has 6 nitrogen and oxygen atoms in total. The predicted molar refractivity (Wildman–Crippen MR) is 95.8 cm³/mol. The molecule has 0 saturated heterocycles. The molecular weight excluding hydrogens is 348 g/mol. The van der Waals surface area contributed by atoms with Crippen LogP contribution in [0.3, 0.4) is 0 Å². The summed E-state index contributed by atoms with van der Waals surface area (Å²) in [5, 5.41) is 21.4. The zero-order valence-corrected chi connectivity index (χ0v) is 14.2. The van der Waals surface area contributed by atoms with Crippen LogP contribution < -0.4 is 18.9 Å². The molecule has 27 heavy (non-hydrogen) atoms. The maximum atomic E-state index is 10.7. The highest BCUT2D eigenvalue weighted by molar-refractivity contribution is 5.61. The van der Waals surface area contributed by atoms with E-state index in [1.165, 1.54) is 12.1 Å². The second-order valence-electron chi connectivity index (χ2n) is 6.37. The molecule has 0 saturated carbocycles. The molecule has 2 N–H and O–H groups in total. The van der Waals surface area contributed by atoms with Gasteiger partial charge in [0.1, 0.15) is 11.5 Å². The highest BCUT2D eigenvalue weighted by atomic mass is 16.7. The van der Waals surface area contributed by atoms with Gasteiger partial charge in [0, 0.05) is 29.2 Å². The van der Waals surface area contributed by atoms with Gasteiger partial charge in [-0.15, -0.1) is 0 Å². The maximum Gasteiger partial charge on any atom is 0.231 e. The van der Waals surface area contributed by atoms with Crippen molar-refractivity contribution >= 4 is 0 Å². The summed E-state index contributed by atoms with van der Waals surface area (Å²) in [5.41, 5.74) is 2.10. The van der Waals surface area contributed by atoms with E-state index in [0.717, 1.165) is 5.56 Å². The molecule has 5 rings (SSSR count). The van der Waals surface area contributed by atoms with Crippen LogP contribution in [0.4, 0.5) is 0 Å². The number of benzene rings is 3. The number of phenols is 2. The summed E-state index contributed by atoms with van der Waals surface area (Å²) in [6.07, 6.45) is 0. The normalized spacial score (nSPS) is 14.0. The van der Waals surface area contributed by atoms with Crippen molar-refractivity contribution in [1.82, 2.24) is 0 Å². The SMILES string of the molecule is Oc1cc2c(cc1C(c1ccccc1)c1cc3c(cc1O)OCO3)OCO2. The Morgan fingerprint density at radius 1 is 0.630 bits per heavy atom. The van der Waals surface area contributed by atoms with Gasteiger partial charge in [0.2, 0.25) is 13.6 Å². The van der Waals surface area contributed by atoms with Crippen LogP contribution in [-0.4, -0.2) is 23.8 Å². The predicted octanol–water partition coefficient (Wildman–Crippen LogP) is 3.74. The first kappa shape index (κ1) is 15.7. The molecule has 3 aromatic rings. The number of aromatic hydroxyl groups is 2. The number of rotatable bonds is 3. The largest absolute Gasteiger partial charge is 0.507 e. The van der Waals surface area contributed by atoms with E-state index in [0.29, 0.717) is 34.1 Å². The highest BCUT2D eigenvalue weighted by Crippen LogP contribution is 2.48. The van der Waals surface area contributed by atoms with Crippen LogP contribution in [0.5, 0.6) is 34.5 Å². The molecule has 0 fully saturated rings. The third kappa shape index (κ3) is 2.57. The van der Waals surface area contributed by atoms with Crippen LogP contribution in [0.2, 0.25) is 0 Å². The second-order valence-corrected chi connectivity index (χ2v) is 6.37. The number of hydrogen-bond donors (Lipinski definition) is 2. The fourth-order valence-corrected chi connectivity index (χ4v) is 3.53. The van der Waals surface area contributed by atoms with Crippen LogP contribution in [-0.2, 0) is 0 Å². The van der Waals surface area contributed by atoms with Gasteiger partial charge >= 0.3 is 0 Å². The Morgan fingerprint density at radius 2 is 1.07 bits per heavy atom. The molecule has 0 atom stereocenters. The van der Waals surface area contributed by atoms with Crippen molar-refractivity contribution in [3.63, 3.8) is 0 Å². The molecule has 0 aromatic heterocycles. The van der Waals surface area contributed by atoms with Gasteiger partial charge in [-0.05, 0) is 17.7 Å². The third-order valence-corrected chi connectivity index (χ3v) is 4.80. The average Bonchev–Trinajstić information content (AvgIpc) is 3.31. The van der Waals surface area contributed by atoms with Crippen LogP contribution in [0, 0.1) is 0 Å².